The van der Waals surface area contributed by atoms with E-state index in [4.69, 9.17) is 14.5 Å². The Morgan fingerprint density at radius 1 is 1.23 bits per heavy atom. The van der Waals surface area contributed by atoms with Crippen molar-refractivity contribution < 1.29 is 14.6 Å². The molecule has 2 saturated heterocycles. The SMILES string of the molecule is CCNC(=NCC(O)Cc1ccccc1)N1CCC(OCC2CCCCO2)CC1.I. The van der Waals surface area contributed by atoms with Gasteiger partial charge in [-0.15, -0.1) is 24.0 Å². The number of piperidine rings is 1. The Labute approximate surface area is 198 Å². The topological polar surface area (TPSA) is 66.3 Å². The summed E-state index contributed by atoms with van der Waals surface area (Å²) >= 11 is 0. The molecule has 2 N–H and O–H groups in total. The number of nitrogens with one attached hydrogen (secondary N) is 1. The molecule has 0 aliphatic carbocycles. The van der Waals surface area contributed by atoms with Gasteiger partial charge in [0, 0.05) is 32.7 Å². The molecule has 30 heavy (non-hydrogen) atoms. The van der Waals surface area contributed by atoms with Crippen molar-refractivity contribution in [3.63, 3.8) is 0 Å². The van der Waals surface area contributed by atoms with Crippen LogP contribution in [0, 0.1) is 0 Å². The maximum atomic E-state index is 10.4. The number of rotatable bonds is 8. The molecule has 0 saturated carbocycles. The van der Waals surface area contributed by atoms with Gasteiger partial charge in [-0.3, -0.25) is 4.99 Å². The number of hydrogen-bond acceptors (Lipinski definition) is 4. The van der Waals surface area contributed by atoms with E-state index in [1.807, 2.05) is 30.3 Å². The molecule has 6 nitrogen and oxygen atoms in total. The number of benzene rings is 1. The van der Waals surface area contributed by atoms with E-state index >= 15 is 0 Å². The van der Waals surface area contributed by atoms with Gasteiger partial charge in [-0.05, 0) is 44.6 Å². The highest BCUT2D eigenvalue weighted by Gasteiger charge is 2.24. The molecule has 7 heteroatoms. The minimum atomic E-state index is -0.470. The molecule has 2 aliphatic rings. The fourth-order valence-electron chi connectivity index (χ4n) is 3.98. The summed E-state index contributed by atoms with van der Waals surface area (Å²) < 4.78 is 11.9. The van der Waals surface area contributed by atoms with Gasteiger partial charge in [0.15, 0.2) is 5.96 Å². The lowest BCUT2D eigenvalue weighted by Crippen LogP contribution is -2.47. The minimum absolute atomic E-state index is 0. The van der Waals surface area contributed by atoms with Crippen LogP contribution in [0.15, 0.2) is 35.3 Å². The summed E-state index contributed by atoms with van der Waals surface area (Å²) in [6.45, 7) is 6.77. The zero-order valence-corrected chi connectivity index (χ0v) is 20.5. The van der Waals surface area contributed by atoms with Crippen LogP contribution < -0.4 is 5.32 Å². The van der Waals surface area contributed by atoms with Gasteiger partial charge in [0.2, 0.25) is 0 Å². The highest BCUT2D eigenvalue weighted by atomic mass is 127. The summed E-state index contributed by atoms with van der Waals surface area (Å²) in [5, 5.41) is 13.7. The summed E-state index contributed by atoms with van der Waals surface area (Å²) in [6, 6.07) is 10.1. The lowest BCUT2D eigenvalue weighted by Gasteiger charge is -2.35. The van der Waals surface area contributed by atoms with Crippen LogP contribution in [0.5, 0.6) is 0 Å². The summed E-state index contributed by atoms with van der Waals surface area (Å²) in [6.07, 6.45) is 6.32. The first-order valence-corrected chi connectivity index (χ1v) is 11.2. The Kier molecular flexibility index (Phi) is 12.0. The van der Waals surface area contributed by atoms with E-state index in [0.717, 1.165) is 63.6 Å². The number of guanidine groups is 1. The van der Waals surface area contributed by atoms with Gasteiger partial charge in [-0.1, -0.05) is 30.3 Å². The Morgan fingerprint density at radius 3 is 2.67 bits per heavy atom. The first-order valence-electron chi connectivity index (χ1n) is 11.2. The third-order valence-electron chi connectivity index (χ3n) is 5.63. The molecule has 2 aliphatic heterocycles. The molecule has 3 rings (SSSR count). The first-order chi connectivity index (χ1) is 14.2. The number of aliphatic hydroxyl groups is 1. The molecule has 2 fully saturated rings. The van der Waals surface area contributed by atoms with Gasteiger partial charge >= 0.3 is 0 Å². The van der Waals surface area contributed by atoms with E-state index < -0.39 is 6.10 Å². The Bertz CT molecular complexity index is 603. The van der Waals surface area contributed by atoms with Crippen LogP contribution in [-0.4, -0.2) is 73.7 Å². The fourth-order valence-corrected chi connectivity index (χ4v) is 3.98. The number of ether oxygens (including phenoxy) is 2. The smallest absolute Gasteiger partial charge is 0.194 e. The summed E-state index contributed by atoms with van der Waals surface area (Å²) in [5.41, 5.74) is 1.14. The average Bonchev–Trinajstić information content (AvgIpc) is 2.77. The predicted octanol–water partition coefficient (Wildman–Crippen LogP) is 3.22. The van der Waals surface area contributed by atoms with Crippen molar-refractivity contribution in [3.05, 3.63) is 35.9 Å². The normalized spacial score (nSPS) is 21.7. The second kappa shape index (κ2) is 14.2. The van der Waals surface area contributed by atoms with Gasteiger partial charge < -0.3 is 24.8 Å². The Balaban J connectivity index is 0.00000320. The number of nitrogens with zero attached hydrogens (tertiary/aromatic N) is 2. The second-order valence-corrected chi connectivity index (χ2v) is 8.05. The third-order valence-corrected chi connectivity index (χ3v) is 5.63. The molecule has 2 heterocycles. The number of likely N-dealkylation sites (tertiary alicyclic amines) is 1. The highest BCUT2D eigenvalue weighted by molar-refractivity contribution is 14.0. The minimum Gasteiger partial charge on any atom is -0.391 e. The van der Waals surface area contributed by atoms with Crippen LogP contribution in [0.4, 0.5) is 0 Å². The van der Waals surface area contributed by atoms with Gasteiger partial charge in [0.25, 0.3) is 0 Å². The summed E-state index contributed by atoms with van der Waals surface area (Å²) in [5.74, 6) is 0.897. The number of aliphatic hydroxyl groups excluding tert-OH is 1. The molecule has 1 aromatic carbocycles. The molecule has 2 atom stereocenters. The van der Waals surface area contributed by atoms with E-state index in [0.29, 0.717) is 19.1 Å². The molecule has 170 valence electrons. The second-order valence-electron chi connectivity index (χ2n) is 8.05. The lowest BCUT2D eigenvalue weighted by atomic mass is 10.1. The van der Waals surface area contributed by atoms with Crippen molar-refractivity contribution >= 4 is 29.9 Å². The van der Waals surface area contributed by atoms with Crippen LogP contribution in [-0.2, 0) is 15.9 Å². The van der Waals surface area contributed by atoms with Crippen molar-refractivity contribution in [2.75, 3.05) is 39.4 Å². The van der Waals surface area contributed by atoms with E-state index in [1.54, 1.807) is 0 Å². The maximum absolute atomic E-state index is 10.4. The predicted molar refractivity (Wildman–Crippen MR) is 132 cm³/mol. The fraction of sp³-hybridized carbons (Fsp3) is 0.696. The number of hydrogen-bond donors (Lipinski definition) is 2. The quantitative estimate of drug-likeness (QED) is 0.307. The summed E-state index contributed by atoms with van der Waals surface area (Å²) in [7, 11) is 0. The molecule has 0 radical (unpaired) electrons. The van der Waals surface area contributed by atoms with Gasteiger partial charge in [-0.25, -0.2) is 0 Å². The van der Waals surface area contributed by atoms with Gasteiger partial charge in [0.05, 0.1) is 31.5 Å². The van der Waals surface area contributed by atoms with E-state index in [-0.39, 0.29) is 30.1 Å². The molecule has 0 aromatic heterocycles. The number of aliphatic imine (C=N–C) groups is 1. The standard InChI is InChI=1S/C23H37N3O3.HI/c1-2-24-23(25-17-20(27)16-19-8-4-3-5-9-19)26-13-11-21(12-14-26)29-18-22-10-6-7-15-28-22;/h3-5,8-9,20-22,27H,2,6-7,10-18H2,1H3,(H,24,25);1H. The summed E-state index contributed by atoms with van der Waals surface area (Å²) in [4.78, 5) is 6.99. The van der Waals surface area contributed by atoms with E-state index in [1.165, 1.54) is 12.8 Å². The molecule has 0 amide bonds. The van der Waals surface area contributed by atoms with Crippen LogP contribution in [0.25, 0.3) is 0 Å². The van der Waals surface area contributed by atoms with Crippen molar-refractivity contribution in [2.24, 2.45) is 4.99 Å². The van der Waals surface area contributed by atoms with Crippen molar-refractivity contribution in [3.8, 4) is 0 Å². The van der Waals surface area contributed by atoms with Crippen LogP contribution in [0.3, 0.4) is 0 Å². The van der Waals surface area contributed by atoms with Gasteiger partial charge in [-0.2, -0.15) is 0 Å². The van der Waals surface area contributed by atoms with Crippen molar-refractivity contribution in [1.29, 1.82) is 0 Å². The maximum Gasteiger partial charge on any atom is 0.194 e. The molecule has 2 unspecified atom stereocenters. The average molecular weight is 531 g/mol. The van der Waals surface area contributed by atoms with Gasteiger partial charge in [0.1, 0.15) is 0 Å². The Hall–Kier alpha value is -0.900. The van der Waals surface area contributed by atoms with E-state index in [2.05, 4.69) is 17.1 Å². The van der Waals surface area contributed by atoms with Crippen molar-refractivity contribution in [2.45, 2.75) is 63.8 Å². The van der Waals surface area contributed by atoms with E-state index in [9.17, 15) is 5.11 Å². The van der Waals surface area contributed by atoms with Crippen LogP contribution in [0.2, 0.25) is 0 Å². The lowest BCUT2D eigenvalue weighted by molar-refractivity contribution is -0.0721. The highest BCUT2D eigenvalue weighted by Crippen LogP contribution is 2.18. The number of halogens is 1. The molecular formula is C23H38IN3O3. The van der Waals surface area contributed by atoms with Crippen molar-refractivity contribution in [1.82, 2.24) is 10.2 Å². The Morgan fingerprint density at radius 2 is 2.00 bits per heavy atom. The monoisotopic (exact) mass is 531 g/mol. The molecule has 0 bridgehead atoms. The third kappa shape index (κ3) is 8.69. The zero-order chi connectivity index (χ0) is 20.3. The first kappa shape index (κ1) is 25.4. The van der Waals surface area contributed by atoms with Crippen LogP contribution in [0.1, 0.15) is 44.6 Å². The molecular weight excluding hydrogens is 493 g/mol. The van der Waals surface area contributed by atoms with Crippen LogP contribution >= 0.6 is 24.0 Å². The largest absolute Gasteiger partial charge is 0.391 e. The molecule has 0 spiro atoms. The zero-order valence-electron chi connectivity index (χ0n) is 18.2. The molecule has 1 aromatic rings.